The normalized spacial score (nSPS) is 9.83. The van der Waals surface area contributed by atoms with E-state index in [2.05, 4.69) is 4.98 Å². The van der Waals surface area contributed by atoms with E-state index in [4.69, 9.17) is 5.41 Å². The van der Waals surface area contributed by atoms with Crippen molar-refractivity contribution in [2.75, 3.05) is 0 Å². The third-order valence-corrected chi connectivity index (χ3v) is 1.60. The van der Waals surface area contributed by atoms with Gasteiger partial charge in [0.25, 0.3) is 5.56 Å². The quantitative estimate of drug-likeness (QED) is 0.539. The summed E-state index contributed by atoms with van der Waals surface area (Å²) in [5, 5.41) is 16.6. The van der Waals surface area contributed by atoms with Crippen molar-refractivity contribution in [2.24, 2.45) is 0 Å². The fourth-order valence-corrected chi connectivity index (χ4v) is 1.14. The summed E-state index contributed by atoms with van der Waals surface area (Å²) >= 11 is 0. The maximum Gasteiger partial charge on any atom is 0.250 e. The molecule has 1 aromatic rings. The smallest absolute Gasteiger partial charge is 0.250 e. The number of aromatic amines is 1. The van der Waals surface area contributed by atoms with Crippen LogP contribution in [0.3, 0.4) is 0 Å². The van der Waals surface area contributed by atoms with Crippen molar-refractivity contribution in [3.8, 4) is 5.88 Å². The second kappa shape index (κ2) is 2.81. The van der Waals surface area contributed by atoms with E-state index >= 15 is 0 Å². The molecule has 4 nitrogen and oxygen atoms in total. The molecule has 0 atom stereocenters. The van der Waals surface area contributed by atoms with Crippen LogP contribution in [0.25, 0.3) is 0 Å². The molecular formula is C8H10N2O2. The first kappa shape index (κ1) is 8.52. The molecule has 64 valence electrons. The number of pyridine rings is 1. The predicted molar refractivity (Wildman–Crippen MR) is 46.0 cm³/mol. The van der Waals surface area contributed by atoms with Gasteiger partial charge in [0.05, 0.1) is 5.56 Å². The fraction of sp³-hybridized carbons (Fsp3) is 0.250. The van der Waals surface area contributed by atoms with Crippen LogP contribution < -0.4 is 5.56 Å². The molecule has 0 aliphatic rings. The maximum absolute atomic E-state index is 10.8. The minimum atomic E-state index is -0.352. The van der Waals surface area contributed by atoms with Crippen LogP contribution in [0.5, 0.6) is 5.88 Å². The Kier molecular flexibility index (Phi) is 1.99. The van der Waals surface area contributed by atoms with E-state index in [0.717, 1.165) is 0 Å². The van der Waals surface area contributed by atoms with Gasteiger partial charge in [-0.25, -0.2) is 0 Å². The van der Waals surface area contributed by atoms with Gasteiger partial charge in [-0.15, -0.1) is 0 Å². The first-order chi connectivity index (χ1) is 5.52. The van der Waals surface area contributed by atoms with Gasteiger partial charge >= 0.3 is 0 Å². The lowest BCUT2D eigenvalue weighted by molar-refractivity contribution is 0.450. The van der Waals surface area contributed by atoms with Crippen LogP contribution in [0.4, 0.5) is 0 Å². The van der Waals surface area contributed by atoms with Gasteiger partial charge in [-0.3, -0.25) is 9.78 Å². The standard InChI is InChI=1S/C8H10N2O2/c1-4-3-6(11)10-8(12)7(4)5(2)9/h3,9H,1-2H3,(H2,10,11,12). The van der Waals surface area contributed by atoms with Gasteiger partial charge in [0, 0.05) is 11.8 Å². The molecule has 0 aliphatic carbocycles. The second-order valence-electron chi connectivity index (χ2n) is 2.67. The highest BCUT2D eigenvalue weighted by Crippen LogP contribution is 2.15. The molecule has 3 N–H and O–H groups in total. The number of H-pyrrole nitrogens is 1. The van der Waals surface area contributed by atoms with Gasteiger partial charge in [-0.05, 0) is 19.4 Å². The summed E-state index contributed by atoms with van der Waals surface area (Å²) in [6, 6.07) is 1.35. The summed E-state index contributed by atoms with van der Waals surface area (Å²) in [5.41, 5.74) is 0.898. The van der Waals surface area contributed by atoms with E-state index in [-0.39, 0.29) is 17.2 Å². The highest BCUT2D eigenvalue weighted by atomic mass is 16.3. The van der Waals surface area contributed by atoms with Crippen molar-refractivity contribution in [3.63, 3.8) is 0 Å². The molecule has 0 aliphatic heterocycles. The number of aryl methyl sites for hydroxylation is 1. The van der Waals surface area contributed by atoms with Crippen molar-refractivity contribution < 1.29 is 5.11 Å². The molecule has 4 heteroatoms. The lowest BCUT2D eigenvalue weighted by Gasteiger charge is -2.04. The molecule has 0 radical (unpaired) electrons. The average Bonchev–Trinajstić information content (AvgIpc) is 1.82. The molecule has 1 heterocycles. The molecule has 1 rings (SSSR count). The molecular weight excluding hydrogens is 156 g/mol. The molecule has 0 amide bonds. The van der Waals surface area contributed by atoms with Crippen LogP contribution in [0.1, 0.15) is 18.1 Å². The Bertz CT molecular complexity index is 353. The second-order valence-corrected chi connectivity index (χ2v) is 2.67. The van der Waals surface area contributed by atoms with E-state index in [9.17, 15) is 9.90 Å². The number of hydrogen-bond donors (Lipinski definition) is 3. The Morgan fingerprint density at radius 2 is 2.25 bits per heavy atom. The van der Waals surface area contributed by atoms with Crippen LogP contribution in [0.2, 0.25) is 0 Å². The number of aromatic hydroxyl groups is 1. The average molecular weight is 166 g/mol. The van der Waals surface area contributed by atoms with Gasteiger partial charge in [-0.1, -0.05) is 0 Å². The van der Waals surface area contributed by atoms with Crippen molar-refractivity contribution in [2.45, 2.75) is 13.8 Å². The summed E-state index contributed by atoms with van der Waals surface area (Å²) in [6.45, 7) is 3.24. The minimum absolute atomic E-state index is 0.229. The zero-order chi connectivity index (χ0) is 9.30. The lowest BCUT2D eigenvalue weighted by Crippen LogP contribution is -2.09. The largest absolute Gasteiger partial charge is 0.494 e. The molecule has 0 spiro atoms. The summed E-state index contributed by atoms with van der Waals surface area (Å²) in [5.74, 6) is -0.229. The van der Waals surface area contributed by atoms with Crippen LogP contribution in [-0.2, 0) is 0 Å². The molecule has 0 unspecified atom stereocenters. The van der Waals surface area contributed by atoms with Gasteiger partial charge in [0.1, 0.15) is 0 Å². The van der Waals surface area contributed by atoms with E-state index in [1.165, 1.54) is 6.07 Å². The van der Waals surface area contributed by atoms with Gasteiger partial charge in [0.15, 0.2) is 0 Å². The van der Waals surface area contributed by atoms with Crippen LogP contribution >= 0.6 is 0 Å². The van der Waals surface area contributed by atoms with Crippen LogP contribution in [0, 0.1) is 12.3 Å². The molecule has 0 fully saturated rings. The Morgan fingerprint density at radius 1 is 1.67 bits per heavy atom. The molecule has 1 aromatic heterocycles. The zero-order valence-corrected chi connectivity index (χ0v) is 6.93. The topological polar surface area (TPSA) is 76.9 Å². The minimum Gasteiger partial charge on any atom is -0.494 e. The van der Waals surface area contributed by atoms with Gasteiger partial charge in [-0.2, -0.15) is 0 Å². The fourth-order valence-electron chi connectivity index (χ4n) is 1.14. The van der Waals surface area contributed by atoms with E-state index in [0.29, 0.717) is 11.1 Å². The van der Waals surface area contributed by atoms with E-state index in [1.807, 2.05) is 0 Å². The Morgan fingerprint density at radius 3 is 2.67 bits per heavy atom. The lowest BCUT2D eigenvalue weighted by atomic mass is 10.1. The molecule has 12 heavy (non-hydrogen) atoms. The molecule has 0 aromatic carbocycles. The maximum atomic E-state index is 10.8. The third kappa shape index (κ3) is 1.37. The van der Waals surface area contributed by atoms with Crippen molar-refractivity contribution in [1.82, 2.24) is 4.98 Å². The summed E-state index contributed by atoms with van der Waals surface area (Å²) in [6.07, 6.45) is 0. The van der Waals surface area contributed by atoms with Gasteiger partial charge < -0.3 is 10.5 Å². The Balaban J connectivity index is 3.48. The van der Waals surface area contributed by atoms with Crippen molar-refractivity contribution in [3.05, 3.63) is 27.5 Å². The molecule has 0 saturated heterocycles. The molecule has 0 saturated carbocycles. The van der Waals surface area contributed by atoms with E-state index < -0.39 is 0 Å². The first-order valence-corrected chi connectivity index (χ1v) is 3.51. The summed E-state index contributed by atoms with van der Waals surface area (Å²) in [7, 11) is 0. The highest BCUT2D eigenvalue weighted by Gasteiger charge is 2.07. The Labute approximate surface area is 69.4 Å². The van der Waals surface area contributed by atoms with Crippen LogP contribution in [0.15, 0.2) is 10.9 Å². The first-order valence-electron chi connectivity index (χ1n) is 3.51. The highest BCUT2D eigenvalue weighted by molar-refractivity contribution is 5.99. The summed E-state index contributed by atoms with van der Waals surface area (Å²) < 4.78 is 0. The number of nitrogens with one attached hydrogen (secondary N) is 2. The predicted octanol–water partition coefficient (Wildman–Crippen LogP) is 0.777. The van der Waals surface area contributed by atoms with Gasteiger partial charge in [0.2, 0.25) is 5.88 Å². The Hall–Kier alpha value is -1.58. The zero-order valence-electron chi connectivity index (χ0n) is 6.93. The number of rotatable bonds is 1. The number of hydrogen-bond acceptors (Lipinski definition) is 3. The SMILES string of the molecule is CC(=N)c1c(C)cc(=O)[nH]c1O. The molecule has 0 bridgehead atoms. The van der Waals surface area contributed by atoms with Crippen molar-refractivity contribution in [1.29, 1.82) is 5.41 Å². The van der Waals surface area contributed by atoms with Crippen molar-refractivity contribution >= 4 is 5.71 Å². The number of aromatic nitrogens is 1. The van der Waals surface area contributed by atoms with E-state index in [1.54, 1.807) is 13.8 Å². The third-order valence-electron chi connectivity index (χ3n) is 1.60. The summed E-state index contributed by atoms with van der Waals surface area (Å²) in [4.78, 5) is 13.0. The van der Waals surface area contributed by atoms with Crippen LogP contribution in [-0.4, -0.2) is 15.8 Å². The monoisotopic (exact) mass is 166 g/mol.